The van der Waals surface area contributed by atoms with Gasteiger partial charge >= 0.3 is 0 Å². The van der Waals surface area contributed by atoms with E-state index in [1.54, 1.807) is 6.20 Å². The fraction of sp³-hybridized carbons (Fsp3) is 0.520. The van der Waals surface area contributed by atoms with Crippen molar-refractivity contribution in [3.05, 3.63) is 59.9 Å². The molecule has 0 radical (unpaired) electrons. The molecule has 5 nitrogen and oxygen atoms in total. The van der Waals surface area contributed by atoms with Gasteiger partial charge in [0, 0.05) is 43.9 Å². The Hall–Kier alpha value is -2.40. The van der Waals surface area contributed by atoms with Crippen molar-refractivity contribution in [2.24, 2.45) is 11.8 Å². The van der Waals surface area contributed by atoms with Crippen molar-refractivity contribution in [1.82, 2.24) is 9.88 Å². The first kappa shape index (κ1) is 20.9. The minimum atomic E-state index is 0.159. The molecule has 0 unspecified atom stereocenters. The van der Waals surface area contributed by atoms with E-state index in [1.165, 1.54) is 6.42 Å². The van der Waals surface area contributed by atoms with Crippen molar-refractivity contribution >= 4 is 5.91 Å². The molecular formula is C25H32N2O3. The highest BCUT2D eigenvalue weighted by Gasteiger charge is 2.26. The van der Waals surface area contributed by atoms with Crippen molar-refractivity contribution in [3.63, 3.8) is 0 Å². The Morgan fingerprint density at radius 3 is 2.53 bits per heavy atom. The molecule has 1 aliphatic heterocycles. The first-order chi connectivity index (χ1) is 14.8. The summed E-state index contributed by atoms with van der Waals surface area (Å²) < 4.78 is 11.3. The third kappa shape index (κ3) is 5.82. The van der Waals surface area contributed by atoms with E-state index >= 15 is 0 Å². The Morgan fingerprint density at radius 2 is 1.83 bits per heavy atom. The van der Waals surface area contributed by atoms with Crippen LogP contribution < -0.4 is 4.74 Å². The zero-order chi connectivity index (χ0) is 20.6. The van der Waals surface area contributed by atoms with Crippen LogP contribution in [-0.4, -0.2) is 35.6 Å². The summed E-state index contributed by atoms with van der Waals surface area (Å²) in [5.74, 6) is 1.81. The van der Waals surface area contributed by atoms with Crippen molar-refractivity contribution < 1.29 is 14.3 Å². The second-order valence-corrected chi connectivity index (χ2v) is 8.58. The van der Waals surface area contributed by atoms with Gasteiger partial charge in [-0.25, -0.2) is 0 Å². The van der Waals surface area contributed by atoms with Gasteiger partial charge in [-0.1, -0.05) is 37.5 Å². The van der Waals surface area contributed by atoms with Gasteiger partial charge in [0.1, 0.15) is 5.75 Å². The molecule has 1 saturated heterocycles. The SMILES string of the molecule is O=C(C1CCCCC1)N(Cc1ccc(OC[C@@H]2CCOC2)cc1)Cc1cccnc1. The molecule has 5 heteroatoms. The molecule has 160 valence electrons. The van der Waals surface area contributed by atoms with Gasteiger partial charge in [0.2, 0.25) is 5.91 Å². The van der Waals surface area contributed by atoms with Crippen LogP contribution in [0.4, 0.5) is 0 Å². The molecule has 0 spiro atoms. The fourth-order valence-electron chi connectivity index (χ4n) is 4.37. The van der Waals surface area contributed by atoms with E-state index in [0.29, 0.717) is 25.6 Å². The predicted octanol–water partition coefficient (Wildman–Crippen LogP) is 4.61. The van der Waals surface area contributed by atoms with Gasteiger partial charge in [-0.15, -0.1) is 0 Å². The third-order valence-electron chi connectivity index (χ3n) is 6.17. The van der Waals surface area contributed by atoms with E-state index < -0.39 is 0 Å². The summed E-state index contributed by atoms with van der Waals surface area (Å²) in [5.41, 5.74) is 2.19. The largest absolute Gasteiger partial charge is 0.493 e. The number of benzene rings is 1. The molecule has 1 aromatic heterocycles. The average Bonchev–Trinajstić information content (AvgIpc) is 3.33. The van der Waals surface area contributed by atoms with Crippen molar-refractivity contribution in [1.29, 1.82) is 0 Å². The molecule has 0 bridgehead atoms. The van der Waals surface area contributed by atoms with Gasteiger partial charge in [0.05, 0.1) is 13.2 Å². The molecule has 1 saturated carbocycles. The lowest BCUT2D eigenvalue weighted by molar-refractivity contribution is -0.137. The molecule has 2 aliphatic rings. The van der Waals surface area contributed by atoms with Crippen LogP contribution in [0.25, 0.3) is 0 Å². The van der Waals surface area contributed by atoms with Gasteiger partial charge in [-0.3, -0.25) is 9.78 Å². The maximum absolute atomic E-state index is 13.3. The fourth-order valence-corrected chi connectivity index (χ4v) is 4.37. The second kappa shape index (κ2) is 10.6. The summed E-state index contributed by atoms with van der Waals surface area (Å²) in [7, 11) is 0. The molecule has 1 atom stereocenters. The van der Waals surface area contributed by atoms with Crippen LogP contribution in [0.5, 0.6) is 5.75 Å². The Morgan fingerprint density at radius 1 is 1.03 bits per heavy atom. The number of hydrogen-bond donors (Lipinski definition) is 0. The number of ether oxygens (including phenoxy) is 2. The highest BCUT2D eigenvalue weighted by atomic mass is 16.5. The topological polar surface area (TPSA) is 51.7 Å². The molecule has 0 N–H and O–H groups in total. The number of rotatable bonds is 8. The normalized spacial score (nSPS) is 19.5. The molecule has 2 fully saturated rings. The van der Waals surface area contributed by atoms with Gasteiger partial charge in [0.15, 0.2) is 0 Å². The summed E-state index contributed by atoms with van der Waals surface area (Å²) >= 11 is 0. The van der Waals surface area contributed by atoms with Crippen molar-refractivity contribution in [2.45, 2.75) is 51.6 Å². The summed E-state index contributed by atoms with van der Waals surface area (Å²) in [6, 6.07) is 12.1. The van der Waals surface area contributed by atoms with Gasteiger partial charge in [0.25, 0.3) is 0 Å². The highest BCUT2D eigenvalue weighted by molar-refractivity contribution is 5.79. The Balaban J connectivity index is 1.40. The summed E-state index contributed by atoms with van der Waals surface area (Å²) in [6.45, 7) is 3.55. The average molecular weight is 409 g/mol. The molecule has 4 rings (SSSR count). The minimum absolute atomic E-state index is 0.159. The van der Waals surface area contributed by atoms with Crippen LogP contribution >= 0.6 is 0 Å². The highest BCUT2D eigenvalue weighted by Crippen LogP contribution is 2.27. The predicted molar refractivity (Wildman–Crippen MR) is 116 cm³/mol. The number of amides is 1. The van der Waals surface area contributed by atoms with Crippen LogP contribution in [0.15, 0.2) is 48.8 Å². The maximum Gasteiger partial charge on any atom is 0.226 e. The van der Waals surface area contributed by atoms with Crippen LogP contribution in [0.2, 0.25) is 0 Å². The molecule has 1 aliphatic carbocycles. The Bertz CT molecular complexity index is 782. The zero-order valence-corrected chi connectivity index (χ0v) is 17.7. The standard InChI is InChI=1S/C25H32N2O3/c28-25(23-6-2-1-3-7-23)27(17-21-5-4-13-26-15-21)16-20-8-10-24(11-9-20)30-19-22-12-14-29-18-22/h4-5,8-11,13,15,22-23H,1-3,6-7,12,14,16-19H2/t22-/m1/s1. The van der Waals surface area contributed by atoms with Crippen LogP contribution in [0, 0.1) is 11.8 Å². The molecule has 2 aromatic rings. The number of aromatic nitrogens is 1. The first-order valence-electron chi connectivity index (χ1n) is 11.2. The van der Waals surface area contributed by atoms with E-state index in [-0.39, 0.29) is 11.8 Å². The molecule has 2 heterocycles. The number of carbonyl (C=O) groups is 1. The molecule has 1 amide bonds. The summed E-state index contributed by atoms with van der Waals surface area (Å²) in [5, 5.41) is 0. The summed E-state index contributed by atoms with van der Waals surface area (Å²) in [4.78, 5) is 19.5. The van der Waals surface area contributed by atoms with E-state index in [2.05, 4.69) is 17.1 Å². The van der Waals surface area contributed by atoms with E-state index in [1.807, 2.05) is 35.4 Å². The summed E-state index contributed by atoms with van der Waals surface area (Å²) in [6.07, 6.45) is 10.3. The number of hydrogen-bond acceptors (Lipinski definition) is 4. The molecule has 30 heavy (non-hydrogen) atoms. The number of pyridine rings is 1. The Kier molecular flexibility index (Phi) is 7.35. The van der Waals surface area contributed by atoms with E-state index in [4.69, 9.17) is 9.47 Å². The van der Waals surface area contributed by atoms with Gasteiger partial charge < -0.3 is 14.4 Å². The van der Waals surface area contributed by atoms with Crippen LogP contribution in [0.3, 0.4) is 0 Å². The lowest BCUT2D eigenvalue weighted by atomic mass is 9.88. The first-order valence-corrected chi connectivity index (χ1v) is 11.2. The van der Waals surface area contributed by atoms with Crippen molar-refractivity contribution in [2.75, 3.05) is 19.8 Å². The third-order valence-corrected chi connectivity index (χ3v) is 6.17. The van der Waals surface area contributed by atoms with Gasteiger partial charge in [-0.05, 0) is 48.6 Å². The number of carbonyl (C=O) groups excluding carboxylic acids is 1. The zero-order valence-electron chi connectivity index (χ0n) is 17.7. The minimum Gasteiger partial charge on any atom is -0.493 e. The van der Waals surface area contributed by atoms with Crippen LogP contribution in [-0.2, 0) is 22.6 Å². The lowest BCUT2D eigenvalue weighted by Crippen LogP contribution is -2.36. The smallest absolute Gasteiger partial charge is 0.226 e. The van der Waals surface area contributed by atoms with Crippen molar-refractivity contribution in [3.8, 4) is 5.75 Å². The van der Waals surface area contributed by atoms with Crippen LogP contribution in [0.1, 0.15) is 49.7 Å². The monoisotopic (exact) mass is 408 g/mol. The Labute approximate surface area is 179 Å². The maximum atomic E-state index is 13.3. The van der Waals surface area contributed by atoms with E-state index in [0.717, 1.165) is 62.2 Å². The van der Waals surface area contributed by atoms with Gasteiger partial charge in [-0.2, -0.15) is 0 Å². The van der Waals surface area contributed by atoms with E-state index in [9.17, 15) is 4.79 Å². The lowest BCUT2D eigenvalue weighted by Gasteiger charge is -2.29. The second-order valence-electron chi connectivity index (χ2n) is 8.58. The quantitative estimate of drug-likeness (QED) is 0.640. The number of nitrogens with zero attached hydrogens (tertiary/aromatic N) is 2. The molecular weight excluding hydrogens is 376 g/mol. The molecule has 1 aromatic carbocycles.